The highest BCUT2D eigenvalue weighted by Crippen LogP contribution is 2.16. The van der Waals surface area contributed by atoms with Crippen molar-refractivity contribution in [2.75, 3.05) is 6.54 Å². The summed E-state index contributed by atoms with van der Waals surface area (Å²) in [5.74, 6) is 0. The molecule has 1 atom stereocenters. The average molecular weight is 258 g/mol. The molecule has 18 heavy (non-hydrogen) atoms. The van der Waals surface area contributed by atoms with Gasteiger partial charge in [0.2, 0.25) is 0 Å². The molecule has 0 heterocycles. The molecule has 0 fully saturated rings. The number of nitrogens with one attached hydrogen (secondary N) is 1. The van der Waals surface area contributed by atoms with Gasteiger partial charge in [-0.25, -0.2) is 0 Å². The Balaban J connectivity index is 1.80. The smallest absolute Gasteiger partial charge is 0.0431 e. The van der Waals surface area contributed by atoms with Crippen molar-refractivity contribution in [3.8, 4) is 0 Å². The van der Waals surface area contributed by atoms with Crippen LogP contribution in [0.15, 0.2) is 59.5 Å². The fourth-order valence-electron chi connectivity index (χ4n) is 1.64. The summed E-state index contributed by atoms with van der Waals surface area (Å²) in [5, 5.41) is 0. The summed E-state index contributed by atoms with van der Waals surface area (Å²) in [7, 11) is 0. The van der Waals surface area contributed by atoms with Crippen molar-refractivity contribution < 1.29 is 0 Å². The third-order valence-electron chi connectivity index (χ3n) is 2.74. The first-order valence-electron chi connectivity index (χ1n) is 6.02. The molecule has 3 N–H and O–H groups in total. The second-order valence-electron chi connectivity index (χ2n) is 4.28. The molecule has 0 amide bonds. The quantitative estimate of drug-likeness (QED) is 0.808. The van der Waals surface area contributed by atoms with Crippen LogP contribution in [0.2, 0.25) is 0 Å². The number of nitrogens with two attached hydrogens (primary N) is 1. The van der Waals surface area contributed by atoms with E-state index in [0.29, 0.717) is 0 Å². The lowest BCUT2D eigenvalue weighted by molar-refractivity contribution is 0.709. The van der Waals surface area contributed by atoms with E-state index in [9.17, 15) is 0 Å². The average Bonchev–Trinajstić information content (AvgIpc) is 2.42. The second-order valence-corrected chi connectivity index (χ2v) is 5.24. The molecule has 0 saturated carbocycles. The van der Waals surface area contributed by atoms with Gasteiger partial charge in [0.1, 0.15) is 0 Å². The molecule has 1 unspecified atom stereocenters. The van der Waals surface area contributed by atoms with Gasteiger partial charge in [-0.1, -0.05) is 48.0 Å². The number of hydrogen-bond donors (Lipinski definition) is 2. The first-order chi connectivity index (χ1) is 8.75. The summed E-state index contributed by atoms with van der Waals surface area (Å²) in [4.78, 5) is 1.21. The Morgan fingerprint density at radius 1 is 1.06 bits per heavy atom. The van der Waals surface area contributed by atoms with Crippen LogP contribution in [-0.4, -0.2) is 6.54 Å². The number of benzene rings is 2. The summed E-state index contributed by atoms with van der Waals surface area (Å²) in [6, 6.07) is 18.6. The zero-order valence-electron chi connectivity index (χ0n) is 10.5. The zero-order valence-corrected chi connectivity index (χ0v) is 11.3. The number of aryl methyl sites for hydroxylation is 1. The first-order valence-corrected chi connectivity index (χ1v) is 6.84. The molecule has 94 valence electrons. The standard InChI is InChI=1S/C15H18N2S/c1-12-7-9-14(10-8-12)18-17-11-15(16)13-5-3-2-4-6-13/h2-10,15,17H,11,16H2,1H3. The highest BCUT2D eigenvalue weighted by molar-refractivity contribution is 7.97. The summed E-state index contributed by atoms with van der Waals surface area (Å²) < 4.78 is 3.31. The number of rotatable bonds is 5. The summed E-state index contributed by atoms with van der Waals surface area (Å²) in [5.41, 5.74) is 8.55. The molecule has 3 heteroatoms. The Bertz CT molecular complexity index is 468. The Kier molecular flexibility index (Phi) is 4.81. The van der Waals surface area contributed by atoms with Gasteiger partial charge < -0.3 is 5.73 Å². The van der Waals surface area contributed by atoms with Gasteiger partial charge in [0.15, 0.2) is 0 Å². The van der Waals surface area contributed by atoms with E-state index in [0.717, 1.165) is 12.1 Å². The van der Waals surface area contributed by atoms with Gasteiger partial charge in [0.25, 0.3) is 0 Å². The monoisotopic (exact) mass is 258 g/mol. The second kappa shape index (κ2) is 6.59. The van der Waals surface area contributed by atoms with Gasteiger partial charge in [0, 0.05) is 17.5 Å². The van der Waals surface area contributed by atoms with E-state index in [2.05, 4.69) is 48.0 Å². The lowest BCUT2D eigenvalue weighted by Crippen LogP contribution is -2.22. The maximum atomic E-state index is 6.11. The van der Waals surface area contributed by atoms with Crippen LogP contribution in [0.4, 0.5) is 0 Å². The molecule has 0 radical (unpaired) electrons. The van der Waals surface area contributed by atoms with Gasteiger partial charge >= 0.3 is 0 Å². The largest absolute Gasteiger partial charge is 0.323 e. The highest BCUT2D eigenvalue weighted by atomic mass is 32.2. The molecule has 2 rings (SSSR count). The fourth-order valence-corrected chi connectivity index (χ4v) is 2.34. The summed E-state index contributed by atoms with van der Waals surface area (Å²) in [6.45, 7) is 2.84. The van der Waals surface area contributed by atoms with E-state index in [1.54, 1.807) is 11.9 Å². The Morgan fingerprint density at radius 3 is 2.39 bits per heavy atom. The van der Waals surface area contributed by atoms with Crippen molar-refractivity contribution in [2.24, 2.45) is 5.73 Å². The van der Waals surface area contributed by atoms with Gasteiger partial charge in [0.05, 0.1) is 0 Å². The van der Waals surface area contributed by atoms with Crippen LogP contribution in [0.3, 0.4) is 0 Å². The van der Waals surface area contributed by atoms with Gasteiger partial charge in [-0.2, -0.15) is 0 Å². The Labute approximate surface area is 113 Å². The highest BCUT2D eigenvalue weighted by Gasteiger charge is 2.04. The van der Waals surface area contributed by atoms with Gasteiger partial charge in [-0.3, -0.25) is 4.72 Å². The lowest BCUT2D eigenvalue weighted by atomic mass is 10.1. The number of hydrogen-bond acceptors (Lipinski definition) is 3. The molecule has 2 aromatic carbocycles. The van der Waals surface area contributed by atoms with Gasteiger partial charge in [-0.15, -0.1) is 0 Å². The van der Waals surface area contributed by atoms with Gasteiger partial charge in [-0.05, 0) is 36.6 Å². The minimum Gasteiger partial charge on any atom is -0.323 e. The molecule has 0 aromatic heterocycles. The Morgan fingerprint density at radius 2 is 1.72 bits per heavy atom. The maximum Gasteiger partial charge on any atom is 0.0431 e. The van der Waals surface area contributed by atoms with Crippen molar-refractivity contribution in [3.05, 3.63) is 65.7 Å². The van der Waals surface area contributed by atoms with E-state index >= 15 is 0 Å². The third-order valence-corrected chi connectivity index (χ3v) is 3.56. The molecule has 2 nitrogen and oxygen atoms in total. The van der Waals surface area contributed by atoms with Crippen molar-refractivity contribution in [2.45, 2.75) is 17.9 Å². The molecule has 0 aliphatic rings. The molecule has 0 aliphatic carbocycles. The first kappa shape index (κ1) is 13.1. The van der Waals surface area contributed by atoms with E-state index < -0.39 is 0 Å². The SMILES string of the molecule is Cc1ccc(SNCC(N)c2ccccc2)cc1. The minimum absolute atomic E-state index is 0.0316. The zero-order chi connectivity index (χ0) is 12.8. The summed E-state index contributed by atoms with van der Waals surface area (Å²) >= 11 is 1.62. The molecule has 0 spiro atoms. The molecule has 0 saturated heterocycles. The Hall–Kier alpha value is -1.29. The van der Waals surface area contributed by atoms with Crippen molar-refractivity contribution in [1.82, 2.24) is 4.72 Å². The van der Waals surface area contributed by atoms with E-state index in [1.165, 1.54) is 10.5 Å². The molecule has 0 bridgehead atoms. The van der Waals surface area contributed by atoms with Crippen LogP contribution in [0.5, 0.6) is 0 Å². The predicted molar refractivity (Wildman–Crippen MR) is 78.4 cm³/mol. The van der Waals surface area contributed by atoms with Crippen LogP contribution in [0, 0.1) is 6.92 Å². The van der Waals surface area contributed by atoms with Crippen LogP contribution in [0.25, 0.3) is 0 Å². The van der Waals surface area contributed by atoms with Crippen LogP contribution in [0.1, 0.15) is 17.2 Å². The molecule has 2 aromatic rings. The maximum absolute atomic E-state index is 6.11. The van der Waals surface area contributed by atoms with E-state index in [1.807, 2.05) is 18.2 Å². The van der Waals surface area contributed by atoms with Crippen molar-refractivity contribution >= 4 is 11.9 Å². The molecular formula is C15H18N2S. The van der Waals surface area contributed by atoms with E-state index in [-0.39, 0.29) is 6.04 Å². The normalized spacial score (nSPS) is 12.3. The molecular weight excluding hydrogens is 240 g/mol. The van der Waals surface area contributed by atoms with Crippen LogP contribution in [-0.2, 0) is 0 Å². The van der Waals surface area contributed by atoms with Crippen LogP contribution < -0.4 is 10.5 Å². The molecule has 0 aliphatic heterocycles. The topological polar surface area (TPSA) is 38.0 Å². The summed E-state index contributed by atoms with van der Waals surface area (Å²) in [6.07, 6.45) is 0. The lowest BCUT2D eigenvalue weighted by Gasteiger charge is -2.12. The third kappa shape index (κ3) is 3.88. The minimum atomic E-state index is 0.0316. The predicted octanol–water partition coefficient (Wildman–Crippen LogP) is 3.29. The fraction of sp³-hybridized carbons (Fsp3) is 0.200. The van der Waals surface area contributed by atoms with Crippen LogP contribution >= 0.6 is 11.9 Å². The van der Waals surface area contributed by atoms with Crippen molar-refractivity contribution in [3.63, 3.8) is 0 Å². The van der Waals surface area contributed by atoms with E-state index in [4.69, 9.17) is 5.73 Å². The van der Waals surface area contributed by atoms with Crippen molar-refractivity contribution in [1.29, 1.82) is 0 Å².